The second-order valence-corrected chi connectivity index (χ2v) is 4.31. The zero-order valence-electron chi connectivity index (χ0n) is 11.2. The van der Waals surface area contributed by atoms with Crippen LogP contribution in [0.5, 0.6) is 0 Å². The van der Waals surface area contributed by atoms with Gasteiger partial charge in [-0.2, -0.15) is 0 Å². The van der Waals surface area contributed by atoms with Crippen molar-refractivity contribution in [2.24, 2.45) is 0 Å². The van der Waals surface area contributed by atoms with E-state index in [9.17, 15) is 5.11 Å². The van der Waals surface area contributed by atoms with Crippen molar-refractivity contribution in [2.75, 3.05) is 13.2 Å². The van der Waals surface area contributed by atoms with Crippen LogP contribution in [0.25, 0.3) is 0 Å². The summed E-state index contributed by atoms with van der Waals surface area (Å²) < 4.78 is 11.4. The first kappa shape index (κ1) is 16.4. The van der Waals surface area contributed by atoms with Gasteiger partial charge in [0.05, 0.1) is 6.61 Å². The summed E-state index contributed by atoms with van der Waals surface area (Å²) in [5.74, 6) is 0. The summed E-state index contributed by atoms with van der Waals surface area (Å²) in [6.45, 7) is 11.8. The Morgan fingerprint density at radius 1 is 1.41 bits per heavy atom. The van der Waals surface area contributed by atoms with E-state index in [0.717, 1.165) is 25.7 Å². The number of aliphatic hydroxyl groups excluding tert-OH is 1. The van der Waals surface area contributed by atoms with Gasteiger partial charge in [0.15, 0.2) is 6.29 Å². The van der Waals surface area contributed by atoms with Crippen LogP contribution in [-0.4, -0.2) is 30.2 Å². The minimum atomic E-state index is -0.738. The van der Waals surface area contributed by atoms with Gasteiger partial charge < -0.3 is 14.6 Å². The molecule has 0 aromatic heterocycles. The zero-order chi connectivity index (χ0) is 13.1. The first-order chi connectivity index (χ1) is 8.11. The third-order valence-corrected chi connectivity index (χ3v) is 2.55. The van der Waals surface area contributed by atoms with Crippen LogP contribution >= 0.6 is 0 Å². The highest BCUT2D eigenvalue weighted by atomic mass is 16.7. The Morgan fingerprint density at radius 3 is 2.59 bits per heavy atom. The first-order valence-corrected chi connectivity index (χ1v) is 6.26. The molecular weight excluding hydrogens is 216 g/mol. The third-order valence-electron chi connectivity index (χ3n) is 2.55. The number of unbranched alkanes of at least 4 members (excludes halogenated alkanes) is 1. The van der Waals surface area contributed by atoms with Crippen LogP contribution in [0.1, 0.15) is 39.5 Å². The molecule has 3 nitrogen and oxygen atoms in total. The molecule has 0 aromatic rings. The van der Waals surface area contributed by atoms with Crippen LogP contribution in [0.2, 0.25) is 0 Å². The molecule has 0 aromatic carbocycles. The molecule has 100 valence electrons. The lowest BCUT2D eigenvalue weighted by molar-refractivity contribution is -0.202. The fourth-order valence-electron chi connectivity index (χ4n) is 1.24. The molecule has 0 fully saturated rings. The maximum atomic E-state index is 9.26. The molecule has 3 heteroatoms. The Morgan fingerprint density at radius 2 is 2.12 bits per heavy atom. The van der Waals surface area contributed by atoms with Crippen LogP contribution in [0.3, 0.4) is 0 Å². The molecule has 0 aliphatic carbocycles. The van der Waals surface area contributed by atoms with Gasteiger partial charge in [-0.3, -0.25) is 0 Å². The minimum absolute atomic E-state index is 0.0990. The highest BCUT2D eigenvalue weighted by Crippen LogP contribution is 2.18. The number of aliphatic hydroxyl groups is 1. The summed E-state index contributed by atoms with van der Waals surface area (Å²) >= 11 is 0. The smallest absolute Gasteiger partial charge is 0.159 e. The van der Waals surface area contributed by atoms with Crippen LogP contribution in [0.4, 0.5) is 0 Å². The summed E-state index contributed by atoms with van der Waals surface area (Å²) in [4.78, 5) is 0. The maximum absolute atomic E-state index is 9.26. The lowest BCUT2D eigenvalue weighted by atomic mass is 10.1. The van der Waals surface area contributed by atoms with Gasteiger partial charge in [-0.1, -0.05) is 25.5 Å². The Hall–Kier alpha value is -0.640. The van der Waals surface area contributed by atoms with Crippen molar-refractivity contribution in [1.29, 1.82) is 0 Å². The maximum Gasteiger partial charge on any atom is 0.159 e. The highest BCUT2D eigenvalue weighted by molar-refractivity contribution is 4.93. The van der Waals surface area contributed by atoms with E-state index in [-0.39, 0.29) is 12.9 Å². The summed E-state index contributed by atoms with van der Waals surface area (Å²) in [7, 11) is 0. The fourth-order valence-corrected chi connectivity index (χ4v) is 1.24. The largest absolute Gasteiger partial charge is 0.393 e. The molecule has 0 saturated carbocycles. The predicted molar refractivity (Wildman–Crippen MR) is 70.9 cm³/mol. The quantitative estimate of drug-likeness (QED) is 0.344. The van der Waals surface area contributed by atoms with Crippen LogP contribution < -0.4 is 0 Å². The molecule has 0 saturated heterocycles. The molecule has 0 rings (SSSR count). The third kappa shape index (κ3) is 7.31. The van der Waals surface area contributed by atoms with Gasteiger partial charge >= 0.3 is 0 Å². The average molecular weight is 242 g/mol. The molecule has 1 N–H and O–H groups in total. The predicted octanol–water partition coefficient (Wildman–Crippen LogP) is 3.05. The van der Waals surface area contributed by atoms with Crippen molar-refractivity contribution >= 4 is 0 Å². The normalized spacial score (nSPS) is 16.2. The summed E-state index contributed by atoms with van der Waals surface area (Å²) in [6, 6.07) is 0. The van der Waals surface area contributed by atoms with E-state index in [2.05, 4.69) is 20.1 Å². The monoisotopic (exact) mass is 242 g/mol. The number of allylic oxidation sites excluding steroid dienone is 1. The van der Waals surface area contributed by atoms with E-state index in [1.807, 2.05) is 6.08 Å². The standard InChI is InChI=1S/C14H26O3/c1-5-8-10-13(16-11-9-6-2)17-14(4,7-3)12-15/h5,7,13,15H,1,3,6,8-12H2,2,4H3/t13?,14-/m1/s1. The topological polar surface area (TPSA) is 38.7 Å². The zero-order valence-corrected chi connectivity index (χ0v) is 11.2. The fraction of sp³-hybridized carbons (Fsp3) is 0.714. The van der Waals surface area contributed by atoms with Gasteiger partial charge in [0.1, 0.15) is 5.60 Å². The minimum Gasteiger partial charge on any atom is -0.393 e. The molecule has 0 radical (unpaired) electrons. The Labute approximate surface area is 105 Å². The second-order valence-electron chi connectivity index (χ2n) is 4.31. The molecule has 0 bridgehead atoms. The Bertz CT molecular complexity index is 216. The molecular formula is C14H26O3. The van der Waals surface area contributed by atoms with Crippen molar-refractivity contribution in [1.82, 2.24) is 0 Å². The van der Waals surface area contributed by atoms with Crippen LogP contribution in [0.15, 0.2) is 25.3 Å². The van der Waals surface area contributed by atoms with E-state index in [1.54, 1.807) is 13.0 Å². The van der Waals surface area contributed by atoms with Crippen molar-refractivity contribution in [2.45, 2.75) is 51.4 Å². The molecule has 17 heavy (non-hydrogen) atoms. The number of ether oxygens (including phenoxy) is 2. The van der Waals surface area contributed by atoms with E-state index in [1.165, 1.54) is 0 Å². The average Bonchev–Trinajstić information content (AvgIpc) is 2.35. The molecule has 1 unspecified atom stereocenters. The van der Waals surface area contributed by atoms with E-state index in [4.69, 9.17) is 9.47 Å². The van der Waals surface area contributed by atoms with Gasteiger partial charge in [-0.05, 0) is 19.8 Å². The number of hydrogen-bond donors (Lipinski definition) is 1. The van der Waals surface area contributed by atoms with Gasteiger partial charge in [0.25, 0.3) is 0 Å². The molecule has 0 aliphatic heterocycles. The van der Waals surface area contributed by atoms with Crippen molar-refractivity contribution < 1.29 is 14.6 Å². The summed E-state index contributed by atoms with van der Waals surface area (Å²) in [5.41, 5.74) is -0.738. The summed E-state index contributed by atoms with van der Waals surface area (Å²) in [5, 5.41) is 9.26. The van der Waals surface area contributed by atoms with Crippen molar-refractivity contribution in [3.63, 3.8) is 0 Å². The molecule has 2 atom stereocenters. The second kappa shape index (κ2) is 9.40. The van der Waals surface area contributed by atoms with Gasteiger partial charge in [-0.25, -0.2) is 0 Å². The highest BCUT2D eigenvalue weighted by Gasteiger charge is 2.24. The number of rotatable bonds is 11. The molecule has 0 aliphatic rings. The van der Waals surface area contributed by atoms with Crippen molar-refractivity contribution in [3.05, 3.63) is 25.3 Å². The first-order valence-electron chi connectivity index (χ1n) is 6.26. The molecule has 0 amide bonds. The van der Waals surface area contributed by atoms with E-state index < -0.39 is 5.60 Å². The number of hydrogen-bond acceptors (Lipinski definition) is 3. The lowest BCUT2D eigenvalue weighted by Crippen LogP contribution is -2.36. The van der Waals surface area contributed by atoms with E-state index in [0.29, 0.717) is 6.61 Å². The van der Waals surface area contributed by atoms with Crippen LogP contribution in [-0.2, 0) is 9.47 Å². The van der Waals surface area contributed by atoms with Crippen LogP contribution in [0, 0.1) is 0 Å². The van der Waals surface area contributed by atoms with E-state index >= 15 is 0 Å². The molecule has 0 spiro atoms. The summed E-state index contributed by atoms with van der Waals surface area (Å²) in [6.07, 6.45) is 6.81. The SMILES string of the molecule is C=CCCC(OCCCC)O[C@](C)(C=C)CO. The lowest BCUT2D eigenvalue weighted by Gasteiger charge is -2.29. The molecule has 0 heterocycles. The van der Waals surface area contributed by atoms with Crippen molar-refractivity contribution in [3.8, 4) is 0 Å². The van der Waals surface area contributed by atoms with Gasteiger partial charge in [0.2, 0.25) is 0 Å². The van der Waals surface area contributed by atoms with Gasteiger partial charge in [-0.15, -0.1) is 13.2 Å². The Balaban J connectivity index is 4.24. The van der Waals surface area contributed by atoms with Gasteiger partial charge in [0, 0.05) is 13.0 Å². The Kier molecular flexibility index (Phi) is 9.04.